The van der Waals surface area contributed by atoms with Crippen molar-refractivity contribution in [2.45, 2.75) is 38.8 Å². The number of benzene rings is 2. The lowest BCUT2D eigenvalue weighted by atomic mass is 10.1. The Morgan fingerprint density at radius 3 is 2.47 bits per heavy atom. The number of carbonyl (C=O) groups is 2. The fraction of sp³-hybridized carbons (Fsp3) is 0.348. The third-order valence-electron chi connectivity index (χ3n) is 5.51. The van der Waals surface area contributed by atoms with Gasteiger partial charge in [-0.2, -0.15) is 5.10 Å². The number of carbonyl (C=O) groups excluding carboxylic acids is 2. The van der Waals surface area contributed by atoms with Gasteiger partial charge in [-0.1, -0.05) is 25.0 Å². The maximum absolute atomic E-state index is 13.0. The number of hydrogen-bond acceptors (Lipinski definition) is 3. The second kappa shape index (κ2) is 9.07. The van der Waals surface area contributed by atoms with Crippen molar-refractivity contribution < 1.29 is 14.0 Å². The Hall–Kier alpha value is -3.22. The van der Waals surface area contributed by atoms with Crippen LogP contribution >= 0.6 is 0 Å². The number of amides is 2. The predicted molar refractivity (Wildman–Crippen MR) is 112 cm³/mol. The lowest BCUT2D eigenvalue weighted by molar-refractivity contribution is -0.131. The molecule has 156 valence electrons. The molecule has 0 bridgehead atoms. The first-order valence-corrected chi connectivity index (χ1v) is 10.4. The Morgan fingerprint density at radius 1 is 1.00 bits per heavy atom. The van der Waals surface area contributed by atoms with E-state index in [1.54, 1.807) is 35.1 Å². The Labute approximate surface area is 174 Å². The normalized spacial score (nSPS) is 14.5. The third kappa shape index (κ3) is 4.67. The molecule has 0 unspecified atom stereocenters. The molecule has 0 atom stereocenters. The van der Waals surface area contributed by atoms with Crippen LogP contribution in [0.25, 0.3) is 10.9 Å². The summed E-state index contributed by atoms with van der Waals surface area (Å²) in [6.45, 7) is 2.16. The molecule has 0 radical (unpaired) electrons. The Kier molecular flexibility index (Phi) is 6.07. The number of rotatable bonds is 5. The van der Waals surface area contributed by atoms with E-state index in [0.717, 1.165) is 42.4 Å². The van der Waals surface area contributed by atoms with Crippen LogP contribution in [-0.4, -0.2) is 39.6 Å². The van der Waals surface area contributed by atoms with E-state index >= 15 is 0 Å². The number of fused-ring (bicyclic) bond motifs is 1. The number of aromatic nitrogens is 2. The summed E-state index contributed by atoms with van der Waals surface area (Å²) in [4.78, 5) is 27.1. The maximum Gasteiger partial charge on any atom is 0.251 e. The molecule has 6 nitrogen and oxygen atoms in total. The summed E-state index contributed by atoms with van der Waals surface area (Å²) in [5.41, 5.74) is 2.17. The highest BCUT2D eigenvalue weighted by molar-refractivity contribution is 5.98. The maximum atomic E-state index is 13.0. The molecule has 1 fully saturated rings. The van der Waals surface area contributed by atoms with Crippen molar-refractivity contribution in [1.29, 1.82) is 0 Å². The van der Waals surface area contributed by atoms with Gasteiger partial charge in [0.25, 0.3) is 5.91 Å². The average Bonchev–Trinajstić information content (AvgIpc) is 2.96. The molecule has 0 aliphatic carbocycles. The molecule has 1 saturated heterocycles. The van der Waals surface area contributed by atoms with Crippen LogP contribution in [0.2, 0.25) is 0 Å². The minimum atomic E-state index is -0.304. The number of halogens is 1. The van der Waals surface area contributed by atoms with Crippen LogP contribution in [0.3, 0.4) is 0 Å². The van der Waals surface area contributed by atoms with Gasteiger partial charge in [0.1, 0.15) is 12.4 Å². The monoisotopic (exact) mass is 408 g/mol. The van der Waals surface area contributed by atoms with Crippen molar-refractivity contribution in [1.82, 2.24) is 20.0 Å². The second-order valence-electron chi connectivity index (χ2n) is 7.68. The van der Waals surface area contributed by atoms with Crippen molar-refractivity contribution in [3.05, 3.63) is 65.6 Å². The molecule has 4 rings (SSSR count). The van der Waals surface area contributed by atoms with E-state index in [0.29, 0.717) is 12.1 Å². The smallest absolute Gasteiger partial charge is 0.251 e. The lowest BCUT2D eigenvalue weighted by Crippen LogP contribution is -2.34. The molecule has 0 spiro atoms. The number of hydrogen-bond donors (Lipinski definition) is 1. The van der Waals surface area contributed by atoms with Gasteiger partial charge in [0.05, 0.1) is 11.7 Å². The fourth-order valence-electron chi connectivity index (χ4n) is 3.79. The van der Waals surface area contributed by atoms with Crippen molar-refractivity contribution in [3.8, 4) is 0 Å². The topological polar surface area (TPSA) is 67.2 Å². The van der Waals surface area contributed by atoms with Crippen LogP contribution in [0.4, 0.5) is 4.39 Å². The number of nitrogens with one attached hydrogen (secondary N) is 1. The highest BCUT2D eigenvalue weighted by atomic mass is 19.1. The summed E-state index contributed by atoms with van der Waals surface area (Å²) in [5, 5.41) is 8.01. The first-order valence-electron chi connectivity index (χ1n) is 10.4. The van der Waals surface area contributed by atoms with Crippen LogP contribution in [0, 0.1) is 5.82 Å². The summed E-state index contributed by atoms with van der Waals surface area (Å²) < 4.78 is 14.7. The van der Waals surface area contributed by atoms with Gasteiger partial charge in [-0.15, -0.1) is 0 Å². The highest BCUT2D eigenvalue weighted by Gasteiger charge is 2.17. The lowest BCUT2D eigenvalue weighted by Gasteiger charge is -2.20. The average molecular weight is 408 g/mol. The first-order chi connectivity index (χ1) is 14.6. The summed E-state index contributed by atoms with van der Waals surface area (Å²) in [5.74, 6) is -0.431. The minimum absolute atomic E-state index is 0.0861. The van der Waals surface area contributed by atoms with Gasteiger partial charge in [-0.3, -0.25) is 14.3 Å². The molecule has 1 aliphatic rings. The number of likely N-dealkylation sites (tertiary alicyclic amines) is 1. The van der Waals surface area contributed by atoms with Gasteiger partial charge >= 0.3 is 0 Å². The molecular weight excluding hydrogens is 383 g/mol. The molecule has 2 aromatic carbocycles. The zero-order valence-corrected chi connectivity index (χ0v) is 16.8. The van der Waals surface area contributed by atoms with Gasteiger partial charge in [0.2, 0.25) is 5.91 Å². The Balaban J connectivity index is 1.41. The molecule has 1 aromatic heterocycles. The summed E-state index contributed by atoms with van der Waals surface area (Å²) >= 11 is 0. The molecule has 1 aliphatic heterocycles. The van der Waals surface area contributed by atoms with E-state index < -0.39 is 0 Å². The van der Waals surface area contributed by atoms with Gasteiger partial charge in [0.15, 0.2) is 0 Å². The summed E-state index contributed by atoms with van der Waals surface area (Å²) in [7, 11) is 0. The van der Waals surface area contributed by atoms with E-state index in [-0.39, 0.29) is 24.2 Å². The zero-order valence-electron chi connectivity index (χ0n) is 16.8. The molecule has 30 heavy (non-hydrogen) atoms. The van der Waals surface area contributed by atoms with Crippen molar-refractivity contribution in [2.75, 3.05) is 13.1 Å². The van der Waals surface area contributed by atoms with E-state index in [2.05, 4.69) is 10.4 Å². The van der Waals surface area contributed by atoms with E-state index in [4.69, 9.17) is 0 Å². The zero-order chi connectivity index (χ0) is 20.9. The SMILES string of the molecule is O=C(NCc1ccc(F)cc1)c1ccc2c(cnn2CC(=O)N2CCCCCC2)c1. The Morgan fingerprint density at radius 2 is 1.73 bits per heavy atom. The van der Waals surface area contributed by atoms with Gasteiger partial charge in [0, 0.05) is 30.6 Å². The summed E-state index contributed by atoms with van der Waals surface area (Å²) in [6.07, 6.45) is 6.16. The van der Waals surface area contributed by atoms with Crippen molar-refractivity contribution in [3.63, 3.8) is 0 Å². The Bertz CT molecular complexity index is 1040. The molecule has 1 N–H and O–H groups in total. The quantitative estimate of drug-likeness (QED) is 0.703. The minimum Gasteiger partial charge on any atom is -0.348 e. The first kappa shape index (κ1) is 20.1. The fourth-order valence-corrected chi connectivity index (χ4v) is 3.79. The van der Waals surface area contributed by atoms with E-state index in [1.807, 2.05) is 11.0 Å². The van der Waals surface area contributed by atoms with Crippen molar-refractivity contribution >= 4 is 22.7 Å². The van der Waals surface area contributed by atoms with Crippen LogP contribution in [0.1, 0.15) is 41.6 Å². The third-order valence-corrected chi connectivity index (χ3v) is 5.51. The molecular formula is C23H25FN4O2. The van der Waals surface area contributed by atoms with Crippen LogP contribution in [-0.2, 0) is 17.9 Å². The van der Waals surface area contributed by atoms with E-state index in [1.165, 1.54) is 25.0 Å². The van der Waals surface area contributed by atoms with Crippen LogP contribution < -0.4 is 5.32 Å². The van der Waals surface area contributed by atoms with Gasteiger partial charge in [-0.25, -0.2) is 4.39 Å². The molecule has 2 heterocycles. The summed E-state index contributed by atoms with van der Waals surface area (Å²) in [6, 6.07) is 11.4. The molecule has 2 amide bonds. The van der Waals surface area contributed by atoms with E-state index in [9.17, 15) is 14.0 Å². The van der Waals surface area contributed by atoms with Crippen molar-refractivity contribution in [2.24, 2.45) is 0 Å². The van der Waals surface area contributed by atoms with Gasteiger partial charge < -0.3 is 10.2 Å². The predicted octanol–water partition coefficient (Wildman–Crippen LogP) is 3.51. The van der Waals surface area contributed by atoms with Crippen LogP contribution in [0.15, 0.2) is 48.7 Å². The largest absolute Gasteiger partial charge is 0.348 e. The molecule has 0 saturated carbocycles. The standard InChI is InChI=1S/C23H25FN4O2/c24-20-8-5-17(6-9-20)14-25-23(30)18-7-10-21-19(13-18)15-26-28(21)16-22(29)27-11-3-1-2-4-12-27/h5-10,13,15H,1-4,11-12,14,16H2,(H,25,30). The second-order valence-corrected chi connectivity index (χ2v) is 7.68. The van der Waals surface area contributed by atoms with Crippen LogP contribution in [0.5, 0.6) is 0 Å². The molecule has 3 aromatic rings. The molecule has 7 heteroatoms. The number of nitrogens with zero attached hydrogens (tertiary/aromatic N) is 3. The highest BCUT2D eigenvalue weighted by Crippen LogP contribution is 2.17. The van der Waals surface area contributed by atoms with Gasteiger partial charge in [-0.05, 0) is 48.7 Å².